The molecule has 4 rings (SSSR count). The Morgan fingerprint density at radius 2 is 1.97 bits per heavy atom. The molecule has 1 amide bonds. The number of methoxy groups -OCH3 is 1. The Morgan fingerprint density at radius 3 is 2.69 bits per heavy atom. The number of hydrogen-bond acceptors (Lipinski definition) is 6. The third-order valence-corrected chi connectivity index (χ3v) is 6.23. The maximum Gasteiger partial charge on any atom is 0.260 e. The molecule has 10 heteroatoms. The molecule has 0 unspecified atom stereocenters. The van der Waals surface area contributed by atoms with Gasteiger partial charge < -0.3 is 9.47 Å². The number of amides is 1. The van der Waals surface area contributed by atoms with Gasteiger partial charge in [0.05, 0.1) is 30.5 Å². The number of thiazole rings is 1. The van der Waals surface area contributed by atoms with Gasteiger partial charge in [-0.2, -0.15) is 0 Å². The van der Waals surface area contributed by atoms with Gasteiger partial charge >= 0.3 is 0 Å². The summed E-state index contributed by atoms with van der Waals surface area (Å²) in [7, 11) is 1.59. The lowest BCUT2D eigenvalue weighted by atomic mass is 10.2. The molecule has 0 bridgehead atoms. The molecule has 0 spiro atoms. The summed E-state index contributed by atoms with van der Waals surface area (Å²) >= 11 is 1.36. The molecule has 0 radical (unpaired) electrons. The van der Waals surface area contributed by atoms with Gasteiger partial charge in [-0.3, -0.25) is 14.6 Å². The summed E-state index contributed by atoms with van der Waals surface area (Å²) < 4.78 is 38.7. The Bertz CT molecular complexity index is 1080. The summed E-state index contributed by atoms with van der Waals surface area (Å²) in [4.78, 5) is 21.7. The third kappa shape index (κ3) is 5.53. The second kappa shape index (κ2) is 11.0. The van der Waals surface area contributed by atoms with Crippen molar-refractivity contribution in [3.05, 3.63) is 53.6 Å². The van der Waals surface area contributed by atoms with E-state index >= 15 is 0 Å². The molecule has 1 aliphatic rings. The highest BCUT2D eigenvalue weighted by Gasteiger charge is 2.23. The van der Waals surface area contributed by atoms with E-state index in [1.165, 1.54) is 17.4 Å². The SMILES string of the molecule is COc1ccc2nc(N(CCCN3CCOCC3)C(=O)c3ccc(F)c(F)c3)sc2c1.Cl. The zero-order valence-corrected chi connectivity index (χ0v) is 19.2. The first-order valence-electron chi connectivity index (χ1n) is 10.1. The van der Waals surface area contributed by atoms with Crippen molar-refractivity contribution in [2.45, 2.75) is 6.42 Å². The van der Waals surface area contributed by atoms with E-state index in [0.29, 0.717) is 37.1 Å². The topological polar surface area (TPSA) is 54.9 Å². The monoisotopic (exact) mass is 483 g/mol. The third-order valence-electron chi connectivity index (χ3n) is 5.19. The van der Waals surface area contributed by atoms with E-state index in [-0.39, 0.29) is 18.0 Å². The van der Waals surface area contributed by atoms with Crippen LogP contribution in [0.25, 0.3) is 10.2 Å². The molecule has 2 aromatic carbocycles. The van der Waals surface area contributed by atoms with Gasteiger partial charge in [-0.15, -0.1) is 12.4 Å². The number of anilines is 1. The molecule has 0 saturated carbocycles. The van der Waals surface area contributed by atoms with Crippen LogP contribution in [0, 0.1) is 11.6 Å². The van der Waals surface area contributed by atoms with Gasteiger partial charge in [0.15, 0.2) is 16.8 Å². The number of carbonyl (C=O) groups excluding carboxylic acids is 1. The van der Waals surface area contributed by atoms with E-state index in [2.05, 4.69) is 9.88 Å². The van der Waals surface area contributed by atoms with Crippen LogP contribution in [0.4, 0.5) is 13.9 Å². The molecule has 3 aromatic rings. The number of morpholine rings is 1. The van der Waals surface area contributed by atoms with E-state index in [1.807, 2.05) is 18.2 Å². The molecule has 32 heavy (non-hydrogen) atoms. The normalized spacial score (nSPS) is 14.2. The van der Waals surface area contributed by atoms with Gasteiger partial charge in [0.25, 0.3) is 5.91 Å². The minimum Gasteiger partial charge on any atom is -0.497 e. The van der Waals surface area contributed by atoms with Crippen LogP contribution in [0.5, 0.6) is 5.75 Å². The van der Waals surface area contributed by atoms with Crippen molar-refractivity contribution < 1.29 is 23.0 Å². The highest BCUT2D eigenvalue weighted by atomic mass is 35.5. The van der Waals surface area contributed by atoms with Crippen molar-refractivity contribution in [2.75, 3.05) is 51.4 Å². The Balaban J connectivity index is 0.00000289. The smallest absolute Gasteiger partial charge is 0.260 e. The van der Waals surface area contributed by atoms with Crippen LogP contribution in [0.2, 0.25) is 0 Å². The minimum absolute atomic E-state index is 0. The van der Waals surface area contributed by atoms with Crippen LogP contribution in [0.3, 0.4) is 0 Å². The number of benzene rings is 2. The first-order chi connectivity index (χ1) is 15.0. The number of carbonyl (C=O) groups is 1. The Morgan fingerprint density at radius 1 is 1.19 bits per heavy atom. The molecule has 1 aliphatic heterocycles. The summed E-state index contributed by atoms with van der Waals surface area (Å²) in [5.41, 5.74) is 0.833. The largest absolute Gasteiger partial charge is 0.497 e. The molecule has 0 aliphatic carbocycles. The van der Waals surface area contributed by atoms with Gasteiger partial charge in [0.2, 0.25) is 0 Å². The molecule has 172 valence electrons. The number of fused-ring (bicyclic) bond motifs is 1. The zero-order chi connectivity index (χ0) is 21.8. The van der Waals surface area contributed by atoms with Crippen LogP contribution < -0.4 is 9.64 Å². The van der Waals surface area contributed by atoms with Gasteiger partial charge in [0.1, 0.15) is 5.75 Å². The van der Waals surface area contributed by atoms with E-state index in [9.17, 15) is 13.6 Å². The fourth-order valence-corrected chi connectivity index (χ4v) is 4.50. The number of halogens is 3. The molecule has 2 heterocycles. The molecule has 1 saturated heterocycles. The van der Waals surface area contributed by atoms with E-state index in [1.54, 1.807) is 12.0 Å². The van der Waals surface area contributed by atoms with Crippen molar-refractivity contribution in [1.29, 1.82) is 0 Å². The second-order valence-electron chi connectivity index (χ2n) is 7.22. The van der Waals surface area contributed by atoms with Crippen LogP contribution in [-0.4, -0.2) is 62.3 Å². The lowest BCUT2D eigenvalue weighted by Crippen LogP contribution is -2.39. The van der Waals surface area contributed by atoms with Gasteiger partial charge in [-0.1, -0.05) is 11.3 Å². The van der Waals surface area contributed by atoms with Gasteiger partial charge in [0, 0.05) is 31.7 Å². The fourth-order valence-electron chi connectivity index (χ4n) is 3.48. The average Bonchev–Trinajstić information content (AvgIpc) is 3.21. The standard InChI is InChI=1S/C22H23F2N3O3S.ClH/c1-29-16-4-6-19-20(14-16)31-22(25-19)27(8-2-7-26-9-11-30-12-10-26)21(28)15-3-5-17(23)18(24)13-15;/h3-6,13-14H,2,7-12H2,1H3;1H. The van der Waals surface area contributed by atoms with Crippen LogP contribution >= 0.6 is 23.7 Å². The maximum absolute atomic E-state index is 13.8. The molecular weight excluding hydrogens is 460 g/mol. The number of rotatable bonds is 7. The van der Waals surface area contributed by atoms with Crippen molar-refractivity contribution in [3.63, 3.8) is 0 Å². The van der Waals surface area contributed by atoms with Crippen molar-refractivity contribution in [3.8, 4) is 5.75 Å². The second-order valence-corrected chi connectivity index (χ2v) is 8.23. The van der Waals surface area contributed by atoms with Gasteiger partial charge in [-0.25, -0.2) is 13.8 Å². The summed E-state index contributed by atoms with van der Waals surface area (Å²) in [5, 5.41) is 0.514. The first-order valence-corrected chi connectivity index (χ1v) is 10.9. The van der Waals surface area contributed by atoms with Crippen molar-refractivity contribution in [1.82, 2.24) is 9.88 Å². The van der Waals surface area contributed by atoms with E-state index < -0.39 is 17.5 Å². The van der Waals surface area contributed by atoms with Crippen LogP contribution in [-0.2, 0) is 4.74 Å². The molecule has 1 aromatic heterocycles. The molecule has 6 nitrogen and oxygen atoms in total. The van der Waals surface area contributed by atoms with Gasteiger partial charge in [-0.05, 0) is 42.8 Å². The number of nitrogens with zero attached hydrogens (tertiary/aromatic N) is 3. The van der Waals surface area contributed by atoms with Crippen LogP contribution in [0.15, 0.2) is 36.4 Å². The Kier molecular flexibility index (Phi) is 8.36. The lowest BCUT2D eigenvalue weighted by molar-refractivity contribution is 0.0376. The highest BCUT2D eigenvalue weighted by molar-refractivity contribution is 7.22. The van der Waals surface area contributed by atoms with E-state index in [0.717, 1.165) is 42.0 Å². The Hall–Kier alpha value is -2.33. The molecule has 0 N–H and O–H groups in total. The summed E-state index contributed by atoms with van der Waals surface area (Å²) in [6.45, 7) is 4.35. The van der Waals surface area contributed by atoms with Crippen molar-refractivity contribution >= 4 is 45.0 Å². The zero-order valence-electron chi connectivity index (χ0n) is 17.6. The number of hydrogen-bond donors (Lipinski definition) is 0. The molecular formula is C22H24ClF2N3O3S. The number of ether oxygens (including phenoxy) is 2. The first kappa shape index (κ1) is 24.3. The number of aromatic nitrogens is 1. The minimum atomic E-state index is -1.05. The summed E-state index contributed by atoms with van der Waals surface area (Å²) in [6.07, 6.45) is 0.717. The maximum atomic E-state index is 13.8. The summed E-state index contributed by atoms with van der Waals surface area (Å²) in [5.74, 6) is -1.74. The van der Waals surface area contributed by atoms with E-state index in [4.69, 9.17) is 9.47 Å². The highest BCUT2D eigenvalue weighted by Crippen LogP contribution is 2.32. The lowest BCUT2D eigenvalue weighted by Gasteiger charge is -2.27. The average molecular weight is 484 g/mol. The Labute approximate surface area is 195 Å². The predicted octanol–water partition coefficient (Wildman–Crippen LogP) is 4.37. The molecule has 1 fully saturated rings. The van der Waals surface area contributed by atoms with Crippen LogP contribution in [0.1, 0.15) is 16.8 Å². The predicted molar refractivity (Wildman–Crippen MR) is 123 cm³/mol. The quantitative estimate of drug-likeness (QED) is 0.499. The fraction of sp³-hybridized carbons (Fsp3) is 0.364. The van der Waals surface area contributed by atoms with Crippen molar-refractivity contribution in [2.24, 2.45) is 0 Å². The molecule has 0 atom stereocenters. The summed E-state index contributed by atoms with van der Waals surface area (Å²) in [6, 6.07) is 8.71.